The van der Waals surface area contributed by atoms with Gasteiger partial charge in [-0.05, 0) is 29.3 Å². The SMILES string of the molecule is Cc1cnc([C@H]2CN(C(=O)Cc3ccsc3)CCO2)[nH]1. The van der Waals surface area contributed by atoms with Gasteiger partial charge in [-0.2, -0.15) is 11.3 Å². The molecule has 3 heterocycles. The topological polar surface area (TPSA) is 58.2 Å². The van der Waals surface area contributed by atoms with Crippen LogP contribution < -0.4 is 0 Å². The van der Waals surface area contributed by atoms with Crippen LogP contribution in [0.4, 0.5) is 0 Å². The van der Waals surface area contributed by atoms with Gasteiger partial charge in [-0.25, -0.2) is 4.98 Å². The van der Waals surface area contributed by atoms with Crippen molar-refractivity contribution >= 4 is 17.2 Å². The quantitative estimate of drug-likeness (QED) is 0.940. The lowest BCUT2D eigenvalue weighted by Gasteiger charge is -2.32. The summed E-state index contributed by atoms with van der Waals surface area (Å²) in [7, 11) is 0. The van der Waals surface area contributed by atoms with E-state index in [9.17, 15) is 4.79 Å². The highest BCUT2D eigenvalue weighted by molar-refractivity contribution is 7.07. The molecule has 0 aromatic carbocycles. The third-order valence-corrected chi connectivity index (χ3v) is 4.11. The summed E-state index contributed by atoms with van der Waals surface area (Å²) in [5.74, 6) is 0.954. The number of nitrogens with one attached hydrogen (secondary N) is 1. The van der Waals surface area contributed by atoms with Crippen LogP contribution in [0.25, 0.3) is 0 Å². The van der Waals surface area contributed by atoms with Crippen LogP contribution in [0.3, 0.4) is 0 Å². The largest absolute Gasteiger partial charge is 0.367 e. The Morgan fingerprint density at radius 3 is 3.25 bits per heavy atom. The number of H-pyrrole nitrogens is 1. The monoisotopic (exact) mass is 291 g/mol. The van der Waals surface area contributed by atoms with E-state index in [4.69, 9.17) is 4.74 Å². The lowest BCUT2D eigenvalue weighted by Crippen LogP contribution is -2.43. The third kappa shape index (κ3) is 2.91. The number of aromatic nitrogens is 2. The van der Waals surface area contributed by atoms with Crippen LogP contribution in [-0.2, 0) is 16.0 Å². The minimum Gasteiger partial charge on any atom is -0.367 e. The molecule has 3 rings (SSSR count). The molecule has 2 aromatic heterocycles. The molecule has 1 saturated heterocycles. The second-order valence-corrected chi connectivity index (χ2v) is 5.74. The smallest absolute Gasteiger partial charge is 0.227 e. The van der Waals surface area contributed by atoms with E-state index in [0.29, 0.717) is 26.1 Å². The van der Waals surface area contributed by atoms with Crippen LogP contribution in [-0.4, -0.2) is 40.5 Å². The van der Waals surface area contributed by atoms with Crippen molar-refractivity contribution in [2.75, 3.05) is 19.7 Å². The molecule has 106 valence electrons. The van der Waals surface area contributed by atoms with E-state index >= 15 is 0 Å². The number of aryl methyl sites for hydroxylation is 1. The van der Waals surface area contributed by atoms with E-state index in [-0.39, 0.29) is 12.0 Å². The zero-order valence-corrected chi connectivity index (χ0v) is 12.2. The second-order valence-electron chi connectivity index (χ2n) is 4.96. The Bertz CT molecular complexity index is 579. The van der Waals surface area contributed by atoms with Crippen molar-refractivity contribution in [3.05, 3.63) is 40.1 Å². The Morgan fingerprint density at radius 2 is 2.55 bits per heavy atom. The maximum Gasteiger partial charge on any atom is 0.227 e. The molecule has 2 aromatic rings. The number of imidazole rings is 1. The van der Waals surface area contributed by atoms with E-state index in [1.165, 1.54) is 0 Å². The average molecular weight is 291 g/mol. The maximum absolute atomic E-state index is 12.3. The number of ether oxygens (including phenoxy) is 1. The van der Waals surface area contributed by atoms with Gasteiger partial charge in [-0.15, -0.1) is 0 Å². The van der Waals surface area contributed by atoms with Gasteiger partial charge in [0, 0.05) is 18.4 Å². The highest BCUT2D eigenvalue weighted by Gasteiger charge is 2.27. The van der Waals surface area contributed by atoms with E-state index < -0.39 is 0 Å². The number of aromatic amines is 1. The van der Waals surface area contributed by atoms with Crippen LogP contribution >= 0.6 is 11.3 Å². The molecule has 0 aliphatic carbocycles. The van der Waals surface area contributed by atoms with E-state index in [1.807, 2.05) is 28.7 Å². The highest BCUT2D eigenvalue weighted by Crippen LogP contribution is 2.20. The van der Waals surface area contributed by atoms with E-state index in [1.54, 1.807) is 17.5 Å². The molecule has 0 unspecified atom stereocenters. The van der Waals surface area contributed by atoms with Crippen molar-refractivity contribution in [1.29, 1.82) is 0 Å². The summed E-state index contributed by atoms with van der Waals surface area (Å²) >= 11 is 1.62. The molecule has 6 heteroatoms. The fraction of sp³-hybridized carbons (Fsp3) is 0.429. The zero-order chi connectivity index (χ0) is 13.9. The fourth-order valence-electron chi connectivity index (χ4n) is 2.32. The predicted molar refractivity (Wildman–Crippen MR) is 76.6 cm³/mol. The Balaban J connectivity index is 1.64. The summed E-state index contributed by atoms with van der Waals surface area (Å²) in [6.45, 7) is 3.73. The van der Waals surface area contributed by atoms with Crippen molar-refractivity contribution < 1.29 is 9.53 Å². The highest BCUT2D eigenvalue weighted by atomic mass is 32.1. The van der Waals surface area contributed by atoms with Crippen molar-refractivity contribution in [1.82, 2.24) is 14.9 Å². The molecule has 0 spiro atoms. The van der Waals surface area contributed by atoms with Crippen LogP contribution in [0.15, 0.2) is 23.0 Å². The lowest BCUT2D eigenvalue weighted by molar-refractivity contribution is -0.138. The first-order valence-electron chi connectivity index (χ1n) is 6.64. The number of hydrogen-bond donors (Lipinski definition) is 1. The van der Waals surface area contributed by atoms with Gasteiger partial charge in [-0.1, -0.05) is 0 Å². The molecule has 1 atom stereocenters. The summed E-state index contributed by atoms with van der Waals surface area (Å²) in [6.07, 6.45) is 2.10. The zero-order valence-electron chi connectivity index (χ0n) is 11.3. The van der Waals surface area contributed by atoms with Gasteiger partial charge in [-0.3, -0.25) is 4.79 Å². The molecule has 20 heavy (non-hydrogen) atoms. The number of amides is 1. The number of carbonyl (C=O) groups excluding carboxylic acids is 1. The minimum atomic E-state index is -0.149. The number of carbonyl (C=O) groups is 1. The van der Waals surface area contributed by atoms with E-state index in [2.05, 4.69) is 9.97 Å². The Morgan fingerprint density at radius 1 is 1.65 bits per heavy atom. The van der Waals surface area contributed by atoms with E-state index in [0.717, 1.165) is 17.1 Å². The molecule has 0 radical (unpaired) electrons. The standard InChI is InChI=1S/C14H17N3O2S/c1-10-7-15-14(16-10)12-8-17(3-4-19-12)13(18)6-11-2-5-20-9-11/h2,5,7,9,12H,3-4,6,8H2,1H3,(H,15,16)/t12-/m1/s1. The molecule has 1 aliphatic heterocycles. The first-order valence-corrected chi connectivity index (χ1v) is 7.58. The van der Waals surface area contributed by atoms with Crippen LogP contribution in [0.1, 0.15) is 23.2 Å². The predicted octanol–water partition coefficient (Wildman–Crippen LogP) is 1.92. The van der Waals surface area contributed by atoms with Gasteiger partial charge in [0.15, 0.2) is 0 Å². The van der Waals surface area contributed by atoms with Crippen molar-refractivity contribution in [3.63, 3.8) is 0 Å². The van der Waals surface area contributed by atoms with Gasteiger partial charge in [0.05, 0.1) is 19.6 Å². The summed E-state index contributed by atoms with van der Waals surface area (Å²) in [6, 6.07) is 2.00. The molecule has 1 fully saturated rings. The van der Waals surface area contributed by atoms with Crippen LogP contribution in [0.2, 0.25) is 0 Å². The van der Waals surface area contributed by atoms with Gasteiger partial charge < -0.3 is 14.6 Å². The summed E-state index contributed by atoms with van der Waals surface area (Å²) in [5.41, 5.74) is 2.09. The van der Waals surface area contributed by atoms with Gasteiger partial charge in [0.2, 0.25) is 5.91 Å². The first-order chi connectivity index (χ1) is 9.72. The molecule has 1 amide bonds. The van der Waals surface area contributed by atoms with Crippen molar-refractivity contribution in [3.8, 4) is 0 Å². The molecular weight excluding hydrogens is 274 g/mol. The van der Waals surface area contributed by atoms with Crippen molar-refractivity contribution in [2.45, 2.75) is 19.4 Å². The molecule has 1 N–H and O–H groups in total. The number of hydrogen-bond acceptors (Lipinski definition) is 4. The number of thiophene rings is 1. The third-order valence-electron chi connectivity index (χ3n) is 3.38. The Hall–Kier alpha value is -1.66. The summed E-state index contributed by atoms with van der Waals surface area (Å²) in [4.78, 5) is 21.6. The maximum atomic E-state index is 12.3. The molecule has 5 nitrogen and oxygen atoms in total. The fourth-order valence-corrected chi connectivity index (χ4v) is 2.99. The minimum absolute atomic E-state index is 0.149. The molecule has 0 saturated carbocycles. The first kappa shape index (κ1) is 13.3. The van der Waals surface area contributed by atoms with Crippen molar-refractivity contribution in [2.24, 2.45) is 0 Å². The number of nitrogens with zero attached hydrogens (tertiary/aromatic N) is 2. The summed E-state index contributed by atoms with van der Waals surface area (Å²) in [5, 5.41) is 4.02. The van der Waals surface area contributed by atoms with Gasteiger partial charge in [0.25, 0.3) is 0 Å². The normalized spacial score (nSPS) is 19.2. The van der Waals surface area contributed by atoms with Gasteiger partial charge >= 0.3 is 0 Å². The average Bonchev–Trinajstić information content (AvgIpc) is 3.10. The summed E-state index contributed by atoms with van der Waals surface area (Å²) < 4.78 is 5.71. The van der Waals surface area contributed by atoms with Crippen LogP contribution in [0, 0.1) is 6.92 Å². The Kier molecular flexibility index (Phi) is 3.84. The molecule has 0 bridgehead atoms. The lowest BCUT2D eigenvalue weighted by atomic mass is 10.2. The van der Waals surface area contributed by atoms with Crippen LogP contribution in [0.5, 0.6) is 0 Å². The molecule has 1 aliphatic rings. The van der Waals surface area contributed by atoms with Gasteiger partial charge in [0.1, 0.15) is 11.9 Å². The molecular formula is C14H17N3O2S. The number of morpholine rings is 1. The number of rotatable bonds is 3. The Labute approximate surface area is 121 Å². The second kappa shape index (κ2) is 5.76.